The van der Waals surface area contributed by atoms with E-state index in [1.165, 1.54) is 21.7 Å². The van der Waals surface area contributed by atoms with Gasteiger partial charge >= 0.3 is 5.97 Å². The largest absolute Gasteiger partial charge is 0.456 e. The molecule has 0 saturated heterocycles. The van der Waals surface area contributed by atoms with Crippen LogP contribution < -0.4 is 4.90 Å². The van der Waals surface area contributed by atoms with Gasteiger partial charge in [-0.3, -0.25) is 0 Å². The predicted molar refractivity (Wildman–Crippen MR) is 114 cm³/mol. The van der Waals surface area contributed by atoms with Crippen LogP contribution in [0.1, 0.15) is 41.0 Å². The van der Waals surface area contributed by atoms with Crippen molar-refractivity contribution >= 4 is 16.9 Å². The summed E-state index contributed by atoms with van der Waals surface area (Å²) >= 11 is 0. The minimum Gasteiger partial charge on any atom is -0.456 e. The average Bonchev–Trinajstić information content (AvgIpc) is 2.96. The number of carbonyl (C=O) groups excluding carboxylic acids is 1. The third-order valence-corrected chi connectivity index (χ3v) is 5.75. The summed E-state index contributed by atoms with van der Waals surface area (Å²) in [5, 5.41) is 1.12. The molecule has 3 rings (SSSR count). The van der Waals surface area contributed by atoms with Crippen LogP contribution >= 0.6 is 0 Å². The predicted octanol–water partition coefficient (Wildman–Crippen LogP) is 3.39. The zero-order valence-electron chi connectivity index (χ0n) is 17.4. The van der Waals surface area contributed by atoms with Gasteiger partial charge in [-0.2, -0.15) is 0 Å². The number of rotatable bonds is 8. The molecule has 0 bridgehead atoms. The van der Waals surface area contributed by atoms with Crippen molar-refractivity contribution in [1.29, 1.82) is 0 Å². The Morgan fingerprint density at radius 1 is 1.04 bits per heavy atom. The van der Waals surface area contributed by atoms with E-state index in [0.29, 0.717) is 12.2 Å². The number of nitrogens with one attached hydrogen (secondary N) is 1. The van der Waals surface area contributed by atoms with E-state index in [2.05, 4.69) is 56.5 Å². The monoisotopic (exact) mass is 379 g/mol. The van der Waals surface area contributed by atoms with Crippen molar-refractivity contribution in [2.45, 2.75) is 34.2 Å². The molecule has 0 fully saturated rings. The van der Waals surface area contributed by atoms with Crippen molar-refractivity contribution in [3.05, 3.63) is 70.9 Å². The first-order valence-electron chi connectivity index (χ1n) is 10.2. The van der Waals surface area contributed by atoms with Gasteiger partial charge in [0.2, 0.25) is 0 Å². The molecule has 0 amide bonds. The molecule has 28 heavy (non-hydrogen) atoms. The zero-order chi connectivity index (χ0) is 20.1. The third kappa shape index (κ3) is 4.28. The van der Waals surface area contributed by atoms with Gasteiger partial charge in [0.25, 0.3) is 0 Å². The lowest BCUT2D eigenvalue weighted by atomic mass is 10.1. The quantitative estimate of drug-likeness (QED) is 0.609. The Balaban J connectivity index is 1.80. The third-order valence-electron chi connectivity index (χ3n) is 5.75. The van der Waals surface area contributed by atoms with E-state index >= 15 is 0 Å². The Labute approximate surface area is 167 Å². The van der Waals surface area contributed by atoms with E-state index in [1.807, 2.05) is 24.3 Å². The molecule has 0 saturated carbocycles. The molecule has 0 aliphatic heterocycles. The summed E-state index contributed by atoms with van der Waals surface area (Å²) in [7, 11) is 0. The van der Waals surface area contributed by atoms with Gasteiger partial charge in [-0.25, -0.2) is 4.79 Å². The zero-order valence-corrected chi connectivity index (χ0v) is 17.4. The van der Waals surface area contributed by atoms with Crippen LogP contribution in [0.4, 0.5) is 0 Å². The first-order chi connectivity index (χ1) is 13.5. The van der Waals surface area contributed by atoms with E-state index in [4.69, 9.17) is 4.74 Å². The van der Waals surface area contributed by atoms with Crippen molar-refractivity contribution in [1.82, 2.24) is 4.57 Å². The van der Waals surface area contributed by atoms with Crippen LogP contribution in [0.2, 0.25) is 0 Å². The summed E-state index contributed by atoms with van der Waals surface area (Å²) in [4.78, 5) is 13.9. The average molecular weight is 380 g/mol. The number of fused-ring (bicyclic) bond motifs is 1. The molecule has 1 heterocycles. The van der Waals surface area contributed by atoms with Crippen LogP contribution in [0, 0.1) is 13.8 Å². The van der Waals surface area contributed by atoms with Crippen molar-refractivity contribution in [3.63, 3.8) is 0 Å². The van der Waals surface area contributed by atoms with E-state index in [-0.39, 0.29) is 5.97 Å². The second-order valence-electron chi connectivity index (χ2n) is 7.36. The molecule has 3 aromatic rings. The van der Waals surface area contributed by atoms with Gasteiger partial charge < -0.3 is 14.2 Å². The number of hydrogen-bond donors (Lipinski definition) is 1. The number of ether oxygens (including phenoxy) is 1. The summed E-state index contributed by atoms with van der Waals surface area (Å²) < 4.78 is 7.84. The van der Waals surface area contributed by atoms with Crippen LogP contribution in [0.3, 0.4) is 0 Å². The molecule has 1 aromatic heterocycles. The van der Waals surface area contributed by atoms with Gasteiger partial charge in [0.15, 0.2) is 0 Å². The molecule has 148 valence electrons. The number of aryl methyl sites for hydroxylation is 1. The summed E-state index contributed by atoms with van der Waals surface area (Å²) in [5.74, 6) is -0.235. The molecule has 0 spiro atoms. The van der Waals surface area contributed by atoms with Crippen molar-refractivity contribution in [3.8, 4) is 0 Å². The highest BCUT2D eigenvalue weighted by atomic mass is 16.5. The van der Waals surface area contributed by atoms with Crippen molar-refractivity contribution in [2.75, 3.05) is 26.2 Å². The fourth-order valence-electron chi connectivity index (χ4n) is 3.72. The van der Waals surface area contributed by atoms with E-state index < -0.39 is 0 Å². The Kier molecular flexibility index (Phi) is 6.53. The van der Waals surface area contributed by atoms with Gasteiger partial charge in [0, 0.05) is 23.1 Å². The summed E-state index contributed by atoms with van der Waals surface area (Å²) in [6.07, 6.45) is 0. The molecule has 0 radical (unpaired) electrons. The number of nitrogens with zero attached hydrogens (tertiary/aromatic N) is 1. The maximum Gasteiger partial charge on any atom is 0.338 e. The van der Waals surface area contributed by atoms with Gasteiger partial charge in [-0.1, -0.05) is 30.3 Å². The van der Waals surface area contributed by atoms with Crippen LogP contribution in [-0.4, -0.2) is 36.8 Å². The molecule has 0 aliphatic carbocycles. The smallest absolute Gasteiger partial charge is 0.338 e. The maximum atomic E-state index is 12.5. The van der Waals surface area contributed by atoms with Gasteiger partial charge in [0.1, 0.15) is 13.2 Å². The summed E-state index contributed by atoms with van der Waals surface area (Å²) in [5.41, 5.74) is 5.50. The molecule has 0 aliphatic rings. The number of aromatic nitrogens is 1. The summed E-state index contributed by atoms with van der Waals surface area (Å²) in [6.45, 7) is 12.8. The van der Waals surface area contributed by atoms with Crippen LogP contribution in [0.15, 0.2) is 48.5 Å². The van der Waals surface area contributed by atoms with Gasteiger partial charge in [-0.05, 0) is 57.0 Å². The fourth-order valence-corrected chi connectivity index (χ4v) is 3.72. The minimum absolute atomic E-state index is 0.235. The Morgan fingerprint density at radius 3 is 2.43 bits per heavy atom. The lowest BCUT2D eigenvalue weighted by Crippen LogP contribution is -3.11. The SMILES string of the molecule is CC[NH+](CC)CCOC(=O)c1ccc2c(c1)c(C)c(C)n2Cc1ccccc1. The van der Waals surface area contributed by atoms with Crippen LogP contribution in [0.25, 0.3) is 10.9 Å². The number of likely N-dealkylation sites (N-methyl/N-ethyl adjacent to an activating group) is 1. The molecule has 4 heteroatoms. The van der Waals surface area contributed by atoms with E-state index in [1.54, 1.807) is 0 Å². The highest BCUT2D eigenvalue weighted by Gasteiger charge is 2.15. The standard InChI is InChI=1S/C24H30N2O2/c1-5-25(6-2)14-15-28-24(27)21-12-13-23-22(16-21)18(3)19(4)26(23)17-20-10-8-7-9-11-20/h7-13,16H,5-6,14-15,17H2,1-4H3/p+1. The number of carbonyl (C=O) groups is 1. The van der Waals surface area contributed by atoms with E-state index in [0.717, 1.165) is 37.1 Å². The lowest BCUT2D eigenvalue weighted by Gasteiger charge is -2.15. The molecule has 2 aromatic carbocycles. The highest BCUT2D eigenvalue weighted by Crippen LogP contribution is 2.27. The van der Waals surface area contributed by atoms with Gasteiger partial charge in [0.05, 0.1) is 18.7 Å². The van der Waals surface area contributed by atoms with E-state index in [9.17, 15) is 4.79 Å². The number of hydrogen-bond acceptors (Lipinski definition) is 2. The minimum atomic E-state index is -0.235. The number of benzene rings is 2. The second-order valence-corrected chi connectivity index (χ2v) is 7.36. The molecular formula is C24H31N2O2+. The highest BCUT2D eigenvalue weighted by molar-refractivity contribution is 5.96. The second kappa shape index (κ2) is 9.07. The van der Waals surface area contributed by atoms with Crippen LogP contribution in [-0.2, 0) is 11.3 Å². The van der Waals surface area contributed by atoms with Crippen LogP contribution in [0.5, 0.6) is 0 Å². The molecular weight excluding hydrogens is 348 g/mol. The normalized spacial score (nSPS) is 11.3. The number of esters is 1. The molecule has 1 N–H and O–H groups in total. The fraction of sp³-hybridized carbons (Fsp3) is 0.375. The van der Waals surface area contributed by atoms with Gasteiger partial charge in [-0.15, -0.1) is 0 Å². The Hall–Kier alpha value is -2.59. The summed E-state index contributed by atoms with van der Waals surface area (Å²) in [6, 6.07) is 16.4. The number of quaternary nitrogens is 1. The Morgan fingerprint density at radius 2 is 1.75 bits per heavy atom. The lowest BCUT2D eigenvalue weighted by molar-refractivity contribution is -0.896. The molecule has 4 nitrogen and oxygen atoms in total. The van der Waals surface area contributed by atoms with Crippen molar-refractivity contribution < 1.29 is 14.4 Å². The maximum absolute atomic E-state index is 12.5. The Bertz CT molecular complexity index is 940. The molecule has 0 atom stereocenters. The molecule has 0 unspecified atom stereocenters. The first kappa shape index (κ1) is 20.2. The topological polar surface area (TPSA) is 35.7 Å². The van der Waals surface area contributed by atoms with Crippen molar-refractivity contribution in [2.24, 2.45) is 0 Å². The first-order valence-corrected chi connectivity index (χ1v) is 10.2.